The molecule has 0 saturated carbocycles. The molecule has 0 atom stereocenters. The molecular formula is C14H15N3O2. The van der Waals surface area contributed by atoms with Crippen LogP contribution in [0.1, 0.15) is 21.7 Å². The summed E-state index contributed by atoms with van der Waals surface area (Å²) in [6, 6.07) is 7.92. The van der Waals surface area contributed by atoms with Gasteiger partial charge in [0.1, 0.15) is 5.82 Å². The van der Waals surface area contributed by atoms with Crippen LogP contribution in [0.5, 0.6) is 0 Å². The van der Waals surface area contributed by atoms with Gasteiger partial charge >= 0.3 is 5.97 Å². The Bertz CT molecular complexity index is 646. The van der Waals surface area contributed by atoms with Crippen LogP contribution < -0.4 is 5.32 Å². The van der Waals surface area contributed by atoms with Gasteiger partial charge in [-0.1, -0.05) is 24.3 Å². The van der Waals surface area contributed by atoms with Crippen molar-refractivity contribution in [2.75, 3.05) is 6.54 Å². The van der Waals surface area contributed by atoms with Crippen LogP contribution in [0.4, 0.5) is 0 Å². The fourth-order valence-corrected chi connectivity index (χ4v) is 2.50. The molecule has 5 heteroatoms. The molecule has 19 heavy (non-hydrogen) atoms. The van der Waals surface area contributed by atoms with Crippen LogP contribution in [-0.4, -0.2) is 27.2 Å². The molecule has 0 saturated heterocycles. The molecule has 3 rings (SSSR count). The van der Waals surface area contributed by atoms with Gasteiger partial charge in [-0.15, -0.1) is 0 Å². The van der Waals surface area contributed by atoms with Crippen molar-refractivity contribution in [3.05, 3.63) is 41.2 Å². The van der Waals surface area contributed by atoms with E-state index in [1.807, 2.05) is 35.8 Å². The molecule has 98 valence electrons. The van der Waals surface area contributed by atoms with Gasteiger partial charge in [-0.3, -0.25) is 0 Å². The number of carboxylic acids is 1. The van der Waals surface area contributed by atoms with Gasteiger partial charge in [-0.2, -0.15) is 0 Å². The SMILES string of the molecule is Cc1ccccc1-c1nc(C(=O)O)c2n1CCNC2. The average Bonchev–Trinajstić information content (AvgIpc) is 2.79. The number of carboxylic acid groups (broad SMARTS) is 1. The van der Waals surface area contributed by atoms with Crippen molar-refractivity contribution in [3.8, 4) is 11.4 Å². The number of aromatic nitrogens is 2. The summed E-state index contributed by atoms with van der Waals surface area (Å²) in [6.45, 7) is 4.15. The highest BCUT2D eigenvalue weighted by Gasteiger charge is 2.24. The van der Waals surface area contributed by atoms with E-state index in [1.165, 1.54) is 0 Å². The summed E-state index contributed by atoms with van der Waals surface area (Å²) >= 11 is 0. The van der Waals surface area contributed by atoms with E-state index in [0.717, 1.165) is 35.7 Å². The van der Waals surface area contributed by atoms with Crippen LogP contribution in [0.25, 0.3) is 11.4 Å². The van der Waals surface area contributed by atoms with E-state index in [9.17, 15) is 9.90 Å². The number of benzene rings is 1. The number of imidazole rings is 1. The standard InChI is InChI=1S/C14H15N3O2/c1-9-4-2-3-5-10(9)13-16-12(14(18)19)11-8-15-6-7-17(11)13/h2-5,15H,6-8H2,1H3,(H,18,19). The zero-order valence-electron chi connectivity index (χ0n) is 10.7. The maximum absolute atomic E-state index is 11.3. The molecule has 1 aliphatic rings. The van der Waals surface area contributed by atoms with Gasteiger partial charge < -0.3 is 15.0 Å². The van der Waals surface area contributed by atoms with Crippen LogP contribution in [0, 0.1) is 6.92 Å². The van der Waals surface area contributed by atoms with Crippen LogP contribution in [0.3, 0.4) is 0 Å². The molecule has 2 N–H and O–H groups in total. The predicted molar refractivity (Wildman–Crippen MR) is 71.1 cm³/mol. The first kappa shape index (κ1) is 11.9. The maximum atomic E-state index is 11.3. The van der Waals surface area contributed by atoms with Gasteiger partial charge in [0.2, 0.25) is 0 Å². The summed E-state index contributed by atoms with van der Waals surface area (Å²) in [5, 5.41) is 12.5. The number of nitrogens with one attached hydrogen (secondary N) is 1. The van der Waals surface area contributed by atoms with Gasteiger partial charge in [-0.25, -0.2) is 9.78 Å². The molecule has 2 heterocycles. The number of aryl methyl sites for hydroxylation is 1. The van der Waals surface area contributed by atoms with Crippen LogP contribution in [-0.2, 0) is 13.1 Å². The largest absolute Gasteiger partial charge is 0.476 e. The molecule has 5 nitrogen and oxygen atoms in total. The molecule has 1 aliphatic heterocycles. The number of nitrogens with zero attached hydrogens (tertiary/aromatic N) is 2. The number of hydrogen-bond donors (Lipinski definition) is 2. The molecule has 0 unspecified atom stereocenters. The number of aromatic carboxylic acids is 1. The minimum absolute atomic E-state index is 0.158. The lowest BCUT2D eigenvalue weighted by molar-refractivity contribution is 0.0689. The second-order valence-corrected chi connectivity index (χ2v) is 4.68. The van der Waals surface area contributed by atoms with E-state index in [0.29, 0.717) is 6.54 Å². The first-order valence-corrected chi connectivity index (χ1v) is 6.28. The zero-order valence-corrected chi connectivity index (χ0v) is 10.7. The molecule has 0 bridgehead atoms. The normalized spacial score (nSPS) is 14.2. The van der Waals surface area contributed by atoms with E-state index in [-0.39, 0.29) is 5.69 Å². The third-order valence-corrected chi connectivity index (χ3v) is 3.47. The number of hydrogen-bond acceptors (Lipinski definition) is 3. The second-order valence-electron chi connectivity index (χ2n) is 4.68. The van der Waals surface area contributed by atoms with Crippen molar-refractivity contribution in [1.82, 2.24) is 14.9 Å². The molecule has 0 aliphatic carbocycles. The van der Waals surface area contributed by atoms with E-state index in [2.05, 4.69) is 10.3 Å². The molecule has 0 spiro atoms. The second kappa shape index (κ2) is 4.51. The van der Waals surface area contributed by atoms with Gasteiger partial charge in [0, 0.05) is 25.2 Å². The monoisotopic (exact) mass is 257 g/mol. The Morgan fingerprint density at radius 1 is 1.42 bits per heavy atom. The summed E-state index contributed by atoms with van der Waals surface area (Å²) < 4.78 is 2.02. The summed E-state index contributed by atoms with van der Waals surface area (Å²) in [5.41, 5.74) is 3.02. The fraction of sp³-hybridized carbons (Fsp3) is 0.286. The highest BCUT2D eigenvalue weighted by molar-refractivity contribution is 5.88. The molecule has 1 aromatic carbocycles. The molecular weight excluding hydrogens is 242 g/mol. The molecule has 2 aromatic rings. The predicted octanol–water partition coefficient (Wildman–Crippen LogP) is 1.66. The highest BCUT2D eigenvalue weighted by Crippen LogP contribution is 2.26. The van der Waals surface area contributed by atoms with Crippen LogP contribution >= 0.6 is 0 Å². The minimum atomic E-state index is -0.965. The first-order valence-electron chi connectivity index (χ1n) is 6.28. The summed E-state index contributed by atoms with van der Waals surface area (Å²) in [4.78, 5) is 15.6. The molecule has 0 radical (unpaired) electrons. The van der Waals surface area contributed by atoms with Crippen molar-refractivity contribution in [1.29, 1.82) is 0 Å². The van der Waals surface area contributed by atoms with E-state index >= 15 is 0 Å². The lowest BCUT2D eigenvalue weighted by Gasteiger charge is -2.18. The Labute approximate surface area is 110 Å². The smallest absolute Gasteiger partial charge is 0.356 e. The lowest BCUT2D eigenvalue weighted by Crippen LogP contribution is -2.29. The van der Waals surface area contributed by atoms with Crippen LogP contribution in [0.2, 0.25) is 0 Å². The van der Waals surface area contributed by atoms with Crippen molar-refractivity contribution in [3.63, 3.8) is 0 Å². The number of fused-ring (bicyclic) bond motifs is 1. The Morgan fingerprint density at radius 2 is 2.21 bits per heavy atom. The van der Waals surface area contributed by atoms with Crippen LogP contribution in [0.15, 0.2) is 24.3 Å². The average molecular weight is 257 g/mol. The Hall–Kier alpha value is -2.14. The van der Waals surface area contributed by atoms with Crippen molar-refractivity contribution in [2.24, 2.45) is 0 Å². The third-order valence-electron chi connectivity index (χ3n) is 3.47. The van der Waals surface area contributed by atoms with E-state index in [4.69, 9.17) is 0 Å². The fourth-order valence-electron chi connectivity index (χ4n) is 2.50. The first-order chi connectivity index (χ1) is 9.18. The number of rotatable bonds is 2. The third kappa shape index (κ3) is 1.92. The van der Waals surface area contributed by atoms with Gasteiger partial charge in [-0.05, 0) is 12.5 Å². The molecule has 0 amide bonds. The maximum Gasteiger partial charge on any atom is 0.356 e. The molecule has 1 aromatic heterocycles. The Morgan fingerprint density at radius 3 is 2.95 bits per heavy atom. The van der Waals surface area contributed by atoms with Gasteiger partial charge in [0.25, 0.3) is 0 Å². The topological polar surface area (TPSA) is 67.1 Å². The Kier molecular flexibility index (Phi) is 2.83. The lowest BCUT2D eigenvalue weighted by atomic mass is 10.1. The quantitative estimate of drug-likeness (QED) is 0.858. The van der Waals surface area contributed by atoms with Gasteiger partial charge in [0.15, 0.2) is 5.69 Å². The minimum Gasteiger partial charge on any atom is -0.476 e. The molecule has 0 fully saturated rings. The summed E-state index contributed by atoms with van der Waals surface area (Å²) in [6.07, 6.45) is 0. The Balaban J connectivity index is 2.22. The summed E-state index contributed by atoms with van der Waals surface area (Å²) in [7, 11) is 0. The van der Waals surface area contributed by atoms with E-state index in [1.54, 1.807) is 0 Å². The summed E-state index contributed by atoms with van der Waals surface area (Å²) in [5.74, 6) is -0.209. The zero-order chi connectivity index (χ0) is 13.4. The number of carbonyl (C=O) groups is 1. The van der Waals surface area contributed by atoms with Crippen molar-refractivity contribution >= 4 is 5.97 Å². The van der Waals surface area contributed by atoms with Crippen molar-refractivity contribution in [2.45, 2.75) is 20.0 Å². The van der Waals surface area contributed by atoms with Crippen molar-refractivity contribution < 1.29 is 9.90 Å². The van der Waals surface area contributed by atoms with Gasteiger partial charge in [0.05, 0.1) is 5.69 Å². The highest BCUT2D eigenvalue weighted by atomic mass is 16.4. The van der Waals surface area contributed by atoms with E-state index < -0.39 is 5.97 Å².